The Morgan fingerprint density at radius 1 is 0.879 bits per heavy atom. The van der Waals surface area contributed by atoms with Gasteiger partial charge in [0.05, 0.1) is 17.7 Å². The van der Waals surface area contributed by atoms with Gasteiger partial charge in [-0.15, -0.1) is 0 Å². The third kappa shape index (κ3) is 6.86. The molecule has 1 amide bonds. The van der Waals surface area contributed by atoms with Gasteiger partial charge in [-0.3, -0.25) is 4.79 Å². The van der Waals surface area contributed by atoms with Crippen LogP contribution in [-0.4, -0.2) is 17.1 Å². The van der Waals surface area contributed by atoms with Gasteiger partial charge in [-0.2, -0.15) is 13.2 Å². The summed E-state index contributed by atoms with van der Waals surface area (Å²) in [5.41, 5.74) is 0.580. The highest BCUT2D eigenvalue weighted by Crippen LogP contribution is 2.30. The fraction of sp³-hybridized carbons (Fsp3) is 0.240. The molecule has 0 saturated heterocycles. The van der Waals surface area contributed by atoms with Gasteiger partial charge in [-0.25, -0.2) is 8.78 Å². The minimum Gasteiger partial charge on any atom is -0.386 e. The number of aliphatic hydroxyl groups is 1. The largest absolute Gasteiger partial charge is 0.416 e. The van der Waals surface area contributed by atoms with Crippen LogP contribution in [0, 0.1) is 11.6 Å². The Bertz CT molecular complexity index is 1070. The first-order valence-electron chi connectivity index (χ1n) is 10.3. The Balaban J connectivity index is 1.77. The molecule has 33 heavy (non-hydrogen) atoms. The van der Waals surface area contributed by atoms with Gasteiger partial charge in [-0.05, 0) is 53.8 Å². The van der Waals surface area contributed by atoms with Crippen LogP contribution in [0.4, 0.5) is 22.0 Å². The Kier molecular flexibility index (Phi) is 7.81. The van der Waals surface area contributed by atoms with Crippen LogP contribution in [0.25, 0.3) is 0 Å². The second kappa shape index (κ2) is 10.6. The van der Waals surface area contributed by atoms with E-state index in [1.165, 1.54) is 18.2 Å². The number of nitrogens with one attached hydrogen (secondary N) is 1. The molecule has 0 aliphatic carbocycles. The fourth-order valence-electron chi connectivity index (χ4n) is 3.44. The molecule has 0 saturated carbocycles. The Morgan fingerprint density at radius 3 is 2.15 bits per heavy atom. The van der Waals surface area contributed by atoms with E-state index in [0.717, 1.165) is 29.8 Å². The van der Waals surface area contributed by atoms with Gasteiger partial charge in [0.25, 0.3) is 0 Å². The number of aliphatic hydroxyl groups excluding tert-OH is 1. The molecule has 0 aromatic heterocycles. The molecule has 0 spiro atoms. The highest BCUT2D eigenvalue weighted by atomic mass is 19.4. The maximum absolute atomic E-state index is 13.7. The lowest BCUT2D eigenvalue weighted by Crippen LogP contribution is -2.41. The van der Waals surface area contributed by atoms with Crippen LogP contribution in [0.3, 0.4) is 0 Å². The van der Waals surface area contributed by atoms with E-state index in [-0.39, 0.29) is 18.4 Å². The zero-order chi connectivity index (χ0) is 24.0. The third-order valence-corrected chi connectivity index (χ3v) is 5.23. The molecule has 8 heteroatoms. The number of hydrogen-bond donors (Lipinski definition) is 2. The summed E-state index contributed by atoms with van der Waals surface area (Å²) < 4.78 is 65.5. The molecule has 0 radical (unpaired) electrons. The molecule has 3 aromatic carbocycles. The van der Waals surface area contributed by atoms with Crippen molar-refractivity contribution in [2.75, 3.05) is 0 Å². The Hall–Kier alpha value is -3.26. The quantitative estimate of drug-likeness (QED) is 0.441. The summed E-state index contributed by atoms with van der Waals surface area (Å²) in [5.74, 6) is -2.63. The minimum atomic E-state index is -4.49. The van der Waals surface area contributed by atoms with Crippen molar-refractivity contribution in [2.24, 2.45) is 0 Å². The highest BCUT2D eigenvalue weighted by Gasteiger charge is 2.30. The predicted molar refractivity (Wildman–Crippen MR) is 113 cm³/mol. The van der Waals surface area contributed by atoms with Crippen LogP contribution in [0.5, 0.6) is 0 Å². The van der Waals surface area contributed by atoms with E-state index in [2.05, 4.69) is 5.32 Å². The Labute approximate surface area is 187 Å². The number of carbonyl (C=O) groups excluding carboxylic acids is 1. The number of rotatable bonds is 8. The average molecular weight is 463 g/mol. The van der Waals surface area contributed by atoms with Crippen LogP contribution in [0.1, 0.15) is 34.8 Å². The highest BCUT2D eigenvalue weighted by molar-refractivity contribution is 5.76. The Morgan fingerprint density at radius 2 is 1.55 bits per heavy atom. The van der Waals surface area contributed by atoms with Gasteiger partial charge >= 0.3 is 6.18 Å². The normalized spacial score (nSPS) is 13.4. The second-order valence-corrected chi connectivity index (χ2v) is 7.68. The molecule has 2 atom stereocenters. The van der Waals surface area contributed by atoms with Crippen LogP contribution in [-0.2, 0) is 23.8 Å². The van der Waals surface area contributed by atoms with Crippen molar-refractivity contribution in [3.05, 3.63) is 107 Å². The van der Waals surface area contributed by atoms with Crippen molar-refractivity contribution in [1.82, 2.24) is 5.32 Å². The molecular weight excluding hydrogens is 441 g/mol. The van der Waals surface area contributed by atoms with E-state index in [9.17, 15) is 31.9 Å². The number of alkyl halides is 3. The monoisotopic (exact) mass is 463 g/mol. The number of amides is 1. The van der Waals surface area contributed by atoms with Crippen LogP contribution < -0.4 is 5.32 Å². The lowest BCUT2D eigenvalue weighted by atomic mass is 9.95. The number of hydrogen-bond acceptors (Lipinski definition) is 2. The van der Waals surface area contributed by atoms with Crippen molar-refractivity contribution in [3.63, 3.8) is 0 Å². The van der Waals surface area contributed by atoms with Gasteiger partial charge < -0.3 is 10.4 Å². The van der Waals surface area contributed by atoms with Crippen LogP contribution >= 0.6 is 0 Å². The van der Waals surface area contributed by atoms with Crippen molar-refractivity contribution in [1.29, 1.82) is 0 Å². The van der Waals surface area contributed by atoms with E-state index in [1.54, 1.807) is 0 Å². The van der Waals surface area contributed by atoms with Gasteiger partial charge in [-0.1, -0.05) is 48.5 Å². The first-order chi connectivity index (χ1) is 15.6. The lowest BCUT2D eigenvalue weighted by molar-refractivity contribution is -0.137. The summed E-state index contributed by atoms with van der Waals surface area (Å²) in [6.45, 7) is 0. The first kappa shape index (κ1) is 24.4. The number of benzene rings is 3. The zero-order valence-electron chi connectivity index (χ0n) is 17.4. The molecule has 3 rings (SSSR count). The molecule has 0 fully saturated rings. The second-order valence-electron chi connectivity index (χ2n) is 7.68. The molecule has 2 unspecified atom stereocenters. The van der Waals surface area contributed by atoms with Crippen LogP contribution in [0.15, 0.2) is 72.8 Å². The fourth-order valence-corrected chi connectivity index (χ4v) is 3.44. The van der Waals surface area contributed by atoms with E-state index < -0.39 is 41.4 Å². The van der Waals surface area contributed by atoms with E-state index in [1.807, 2.05) is 30.3 Å². The molecular formula is C25H22F5NO2. The summed E-state index contributed by atoms with van der Waals surface area (Å²) in [6.07, 6.45) is -5.37. The van der Waals surface area contributed by atoms with Gasteiger partial charge in [0.1, 0.15) is 0 Å². The molecule has 0 bridgehead atoms. The van der Waals surface area contributed by atoms with Gasteiger partial charge in [0.15, 0.2) is 11.6 Å². The summed E-state index contributed by atoms with van der Waals surface area (Å²) >= 11 is 0. The third-order valence-electron chi connectivity index (χ3n) is 5.23. The topological polar surface area (TPSA) is 49.3 Å². The molecule has 0 heterocycles. The van der Waals surface area contributed by atoms with Gasteiger partial charge in [0, 0.05) is 6.42 Å². The molecule has 0 aliphatic heterocycles. The number of halogens is 5. The van der Waals surface area contributed by atoms with Gasteiger partial charge in [0.2, 0.25) is 5.91 Å². The number of carbonyl (C=O) groups is 1. The molecule has 2 N–H and O–H groups in total. The van der Waals surface area contributed by atoms with E-state index in [4.69, 9.17) is 0 Å². The molecule has 3 aromatic rings. The first-order valence-corrected chi connectivity index (χ1v) is 10.3. The summed E-state index contributed by atoms with van der Waals surface area (Å²) in [4.78, 5) is 12.6. The van der Waals surface area contributed by atoms with E-state index in [0.29, 0.717) is 12.0 Å². The van der Waals surface area contributed by atoms with E-state index >= 15 is 0 Å². The number of aryl methyl sites for hydroxylation is 1. The molecule has 0 aliphatic rings. The minimum absolute atomic E-state index is 0.0185. The average Bonchev–Trinajstić information content (AvgIpc) is 2.79. The zero-order valence-corrected chi connectivity index (χ0v) is 17.4. The van der Waals surface area contributed by atoms with Crippen molar-refractivity contribution in [3.8, 4) is 0 Å². The summed E-state index contributed by atoms with van der Waals surface area (Å²) in [7, 11) is 0. The van der Waals surface area contributed by atoms with Crippen molar-refractivity contribution >= 4 is 5.91 Å². The molecule has 174 valence electrons. The summed E-state index contributed by atoms with van der Waals surface area (Å²) in [5, 5.41) is 13.5. The van der Waals surface area contributed by atoms with Crippen molar-refractivity contribution in [2.45, 2.75) is 37.6 Å². The van der Waals surface area contributed by atoms with Crippen molar-refractivity contribution < 1.29 is 31.9 Å². The predicted octanol–water partition coefficient (Wildman–Crippen LogP) is 5.38. The smallest absolute Gasteiger partial charge is 0.386 e. The standard InChI is InChI=1S/C25H22F5NO2/c26-20-12-9-18(15-21(20)27)24(33)22(14-17-6-10-19(11-7-17)25(28,29)30)31-23(32)13-8-16-4-2-1-3-5-16/h1-7,9-12,15,22,24,33H,8,13-14H2,(H,31,32). The molecule has 3 nitrogen and oxygen atoms in total. The lowest BCUT2D eigenvalue weighted by Gasteiger charge is -2.25. The maximum Gasteiger partial charge on any atom is 0.416 e. The summed E-state index contributed by atoms with van der Waals surface area (Å²) in [6, 6.07) is 15.5. The maximum atomic E-state index is 13.7. The van der Waals surface area contributed by atoms with Crippen LogP contribution in [0.2, 0.25) is 0 Å². The SMILES string of the molecule is O=C(CCc1ccccc1)NC(Cc1ccc(C(F)(F)F)cc1)C(O)c1ccc(F)c(F)c1.